The Morgan fingerprint density at radius 3 is 2.78 bits per heavy atom. The fourth-order valence-electron chi connectivity index (χ4n) is 2.12. The highest BCUT2D eigenvalue weighted by Crippen LogP contribution is 2.25. The molecule has 1 N–H and O–H groups in total. The molecule has 1 aromatic carbocycles. The topological polar surface area (TPSA) is 49.2 Å². The van der Waals surface area contributed by atoms with Gasteiger partial charge in [-0.05, 0) is 26.3 Å². The van der Waals surface area contributed by atoms with Crippen molar-refractivity contribution in [1.29, 1.82) is 0 Å². The summed E-state index contributed by atoms with van der Waals surface area (Å²) in [4.78, 5) is 2.26. The van der Waals surface area contributed by atoms with Gasteiger partial charge in [-0.3, -0.25) is 0 Å². The summed E-state index contributed by atoms with van der Waals surface area (Å²) in [6, 6.07) is 8.38. The van der Waals surface area contributed by atoms with Gasteiger partial charge in [-0.2, -0.15) is 10.2 Å². The molecule has 1 heterocycles. The summed E-state index contributed by atoms with van der Waals surface area (Å²) in [5.74, 6) is 0. The molecule has 2 rings (SSSR count). The highest BCUT2D eigenvalue weighted by Gasteiger charge is 2.13. The van der Waals surface area contributed by atoms with Crippen molar-refractivity contribution in [2.45, 2.75) is 26.3 Å². The maximum absolute atomic E-state index is 9.00. The smallest absolute Gasteiger partial charge is 0.0950 e. The molecule has 18 heavy (non-hydrogen) atoms. The van der Waals surface area contributed by atoms with Crippen LogP contribution in [0.3, 0.4) is 0 Å². The lowest BCUT2D eigenvalue weighted by molar-refractivity contribution is 0.288. The predicted molar refractivity (Wildman–Crippen MR) is 73.7 cm³/mol. The third-order valence-electron chi connectivity index (χ3n) is 3.02. The van der Waals surface area contributed by atoms with Crippen LogP contribution in [0.2, 0.25) is 0 Å². The van der Waals surface area contributed by atoms with E-state index in [-0.39, 0.29) is 6.61 Å². The van der Waals surface area contributed by atoms with Gasteiger partial charge in [-0.15, -0.1) is 0 Å². The summed E-state index contributed by atoms with van der Waals surface area (Å²) in [7, 11) is 0. The molecule has 0 saturated heterocycles. The van der Waals surface area contributed by atoms with Gasteiger partial charge in [0.15, 0.2) is 0 Å². The van der Waals surface area contributed by atoms with Gasteiger partial charge in [0.2, 0.25) is 0 Å². The highest BCUT2D eigenvalue weighted by atomic mass is 16.3. The highest BCUT2D eigenvalue weighted by molar-refractivity contribution is 5.90. The second kappa shape index (κ2) is 5.78. The van der Waals surface area contributed by atoms with Crippen LogP contribution < -0.4 is 4.90 Å². The Balaban J connectivity index is 2.43. The molecule has 0 bridgehead atoms. The molecule has 0 spiro atoms. The molecular formula is C14H19N3O. The normalized spacial score (nSPS) is 11.1. The van der Waals surface area contributed by atoms with E-state index in [9.17, 15) is 0 Å². The van der Waals surface area contributed by atoms with Gasteiger partial charge in [0.05, 0.1) is 17.4 Å². The van der Waals surface area contributed by atoms with Crippen molar-refractivity contribution >= 4 is 16.6 Å². The summed E-state index contributed by atoms with van der Waals surface area (Å²) >= 11 is 0. The molecule has 4 nitrogen and oxygen atoms in total. The Labute approximate surface area is 107 Å². The van der Waals surface area contributed by atoms with Gasteiger partial charge in [0.25, 0.3) is 0 Å². The largest absolute Gasteiger partial charge is 0.396 e. The van der Waals surface area contributed by atoms with Crippen LogP contribution in [0.15, 0.2) is 30.5 Å². The van der Waals surface area contributed by atoms with E-state index in [1.165, 1.54) is 0 Å². The zero-order chi connectivity index (χ0) is 13.0. The van der Waals surface area contributed by atoms with Crippen LogP contribution in [0.25, 0.3) is 10.9 Å². The van der Waals surface area contributed by atoms with Crippen LogP contribution >= 0.6 is 0 Å². The van der Waals surface area contributed by atoms with Gasteiger partial charge in [0.1, 0.15) is 0 Å². The maximum atomic E-state index is 9.00. The SMILES string of the molecule is CC(C)N(CCCO)c1cnnc2ccccc12. The monoisotopic (exact) mass is 245 g/mol. The molecular weight excluding hydrogens is 226 g/mol. The molecule has 0 saturated carbocycles. The first-order valence-corrected chi connectivity index (χ1v) is 6.32. The number of rotatable bonds is 5. The van der Waals surface area contributed by atoms with E-state index in [2.05, 4.69) is 35.0 Å². The number of aliphatic hydroxyl groups is 1. The molecule has 1 aromatic heterocycles. The standard InChI is InChI=1S/C14H19N3O/c1-11(2)17(8-5-9-18)14-10-15-16-13-7-4-3-6-12(13)14/h3-4,6-7,10-11,18H,5,8-9H2,1-2H3. The Hall–Kier alpha value is -1.68. The van der Waals surface area contributed by atoms with E-state index in [0.29, 0.717) is 6.04 Å². The zero-order valence-electron chi connectivity index (χ0n) is 10.9. The van der Waals surface area contributed by atoms with Gasteiger partial charge in [-0.25, -0.2) is 0 Å². The number of benzene rings is 1. The quantitative estimate of drug-likeness (QED) is 0.877. The maximum Gasteiger partial charge on any atom is 0.0950 e. The Morgan fingerprint density at radius 1 is 1.28 bits per heavy atom. The molecule has 0 atom stereocenters. The van der Waals surface area contributed by atoms with Crippen molar-refractivity contribution in [3.8, 4) is 0 Å². The fourth-order valence-corrected chi connectivity index (χ4v) is 2.12. The number of nitrogens with zero attached hydrogens (tertiary/aromatic N) is 3. The van der Waals surface area contributed by atoms with Crippen molar-refractivity contribution in [3.63, 3.8) is 0 Å². The molecule has 0 amide bonds. The van der Waals surface area contributed by atoms with Crippen molar-refractivity contribution < 1.29 is 5.11 Å². The van der Waals surface area contributed by atoms with E-state index in [1.807, 2.05) is 18.2 Å². The Bertz CT molecular complexity index is 508. The van der Waals surface area contributed by atoms with Crippen LogP contribution in [0.4, 0.5) is 5.69 Å². The minimum Gasteiger partial charge on any atom is -0.396 e. The summed E-state index contributed by atoms with van der Waals surface area (Å²) < 4.78 is 0. The minimum atomic E-state index is 0.208. The fraction of sp³-hybridized carbons (Fsp3) is 0.429. The third kappa shape index (κ3) is 2.59. The van der Waals surface area contributed by atoms with Crippen LogP contribution in [0.1, 0.15) is 20.3 Å². The van der Waals surface area contributed by atoms with Crippen LogP contribution in [-0.4, -0.2) is 34.5 Å². The first kappa shape index (κ1) is 12.8. The summed E-state index contributed by atoms with van der Waals surface area (Å²) in [6.45, 7) is 5.32. The Morgan fingerprint density at radius 2 is 2.06 bits per heavy atom. The molecule has 0 unspecified atom stereocenters. The molecule has 0 radical (unpaired) electrons. The van der Waals surface area contributed by atoms with Crippen molar-refractivity contribution in [3.05, 3.63) is 30.5 Å². The molecule has 0 aliphatic rings. The minimum absolute atomic E-state index is 0.208. The molecule has 2 aromatic rings. The number of hydrogen-bond acceptors (Lipinski definition) is 4. The lowest BCUT2D eigenvalue weighted by atomic mass is 10.1. The molecule has 4 heteroatoms. The second-order valence-corrected chi connectivity index (χ2v) is 4.61. The van der Waals surface area contributed by atoms with Gasteiger partial charge in [-0.1, -0.05) is 18.2 Å². The molecule has 96 valence electrons. The van der Waals surface area contributed by atoms with Crippen LogP contribution in [-0.2, 0) is 0 Å². The van der Waals surface area contributed by atoms with Gasteiger partial charge < -0.3 is 10.0 Å². The van der Waals surface area contributed by atoms with Crippen LogP contribution in [0, 0.1) is 0 Å². The predicted octanol–water partition coefficient (Wildman–Crippen LogP) is 2.23. The molecule has 0 aliphatic carbocycles. The van der Waals surface area contributed by atoms with Gasteiger partial charge >= 0.3 is 0 Å². The van der Waals surface area contributed by atoms with Crippen molar-refractivity contribution in [1.82, 2.24) is 10.2 Å². The van der Waals surface area contributed by atoms with E-state index < -0.39 is 0 Å². The number of aromatic nitrogens is 2. The third-order valence-corrected chi connectivity index (χ3v) is 3.02. The number of anilines is 1. The van der Waals surface area contributed by atoms with Gasteiger partial charge in [0, 0.05) is 24.6 Å². The average Bonchev–Trinajstić information content (AvgIpc) is 2.39. The average molecular weight is 245 g/mol. The first-order valence-electron chi connectivity index (χ1n) is 6.32. The van der Waals surface area contributed by atoms with E-state index in [0.717, 1.165) is 29.6 Å². The number of fused-ring (bicyclic) bond motifs is 1. The van der Waals surface area contributed by atoms with E-state index in [4.69, 9.17) is 5.11 Å². The van der Waals surface area contributed by atoms with E-state index >= 15 is 0 Å². The zero-order valence-corrected chi connectivity index (χ0v) is 10.9. The summed E-state index contributed by atoms with van der Waals surface area (Å²) in [5.41, 5.74) is 1.99. The van der Waals surface area contributed by atoms with Crippen molar-refractivity contribution in [2.24, 2.45) is 0 Å². The lowest BCUT2D eigenvalue weighted by Gasteiger charge is -2.29. The van der Waals surface area contributed by atoms with Crippen LogP contribution in [0.5, 0.6) is 0 Å². The van der Waals surface area contributed by atoms with Crippen molar-refractivity contribution in [2.75, 3.05) is 18.1 Å². The molecule has 0 fully saturated rings. The summed E-state index contributed by atoms with van der Waals surface area (Å²) in [5, 5.41) is 18.3. The molecule has 0 aliphatic heterocycles. The van der Waals surface area contributed by atoms with E-state index in [1.54, 1.807) is 6.20 Å². The second-order valence-electron chi connectivity index (χ2n) is 4.61. The lowest BCUT2D eigenvalue weighted by Crippen LogP contribution is -2.32. The number of hydrogen-bond donors (Lipinski definition) is 1. The number of aliphatic hydroxyl groups excluding tert-OH is 1. The first-order chi connectivity index (χ1) is 8.74. The Kier molecular flexibility index (Phi) is 4.10. The summed E-state index contributed by atoms with van der Waals surface area (Å²) in [6.07, 6.45) is 2.56.